The van der Waals surface area contributed by atoms with Gasteiger partial charge in [-0.25, -0.2) is 4.99 Å². The van der Waals surface area contributed by atoms with Crippen LogP contribution in [0.3, 0.4) is 0 Å². The predicted octanol–water partition coefficient (Wildman–Crippen LogP) is 3.40. The van der Waals surface area contributed by atoms with Crippen LogP contribution in [0.5, 0.6) is 5.88 Å². The van der Waals surface area contributed by atoms with Crippen molar-refractivity contribution >= 4 is 51.0 Å². The summed E-state index contributed by atoms with van der Waals surface area (Å²) in [6.07, 6.45) is 0. The number of aromatic hydroxyl groups is 1. The highest BCUT2D eigenvalue weighted by atomic mass is 79.9. The first-order chi connectivity index (χ1) is 12.0. The number of benzene rings is 2. The van der Waals surface area contributed by atoms with Crippen molar-refractivity contribution in [2.75, 3.05) is 0 Å². The number of carbonyl (C=O) groups excluding carboxylic acids is 1. The summed E-state index contributed by atoms with van der Waals surface area (Å²) in [5.74, 6) is -0.402. The lowest BCUT2D eigenvalue weighted by molar-refractivity contribution is -0.112. The molecule has 2 heterocycles. The number of carbonyl (C=O) groups is 1. The summed E-state index contributed by atoms with van der Waals surface area (Å²) in [6.45, 7) is 1.99. The van der Waals surface area contributed by atoms with Crippen LogP contribution >= 0.6 is 39.5 Å². The fraction of sp³-hybridized carbons (Fsp3) is 0.0556. The number of hydrogen-bond acceptors (Lipinski definition) is 4. The summed E-state index contributed by atoms with van der Waals surface area (Å²) in [5.41, 5.74) is 2.26. The smallest absolute Gasteiger partial charge is 0.279 e. The van der Waals surface area contributed by atoms with E-state index < -0.39 is 0 Å². The van der Waals surface area contributed by atoms with E-state index in [1.54, 1.807) is 10.6 Å². The molecule has 0 spiro atoms. The van der Waals surface area contributed by atoms with Crippen LogP contribution < -0.4 is 10.6 Å². The van der Waals surface area contributed by atoms with Gasteiger partial charge in [-0.15, -0.1) is 11.3 Å². The Hall–Kier alpha value is -2.09. The van der Waals surface area contributed by atoms with E-state index in [0.29, 0.717) is 25.0 Å². The Balaban J connectivity index is 2.00. The molecule has 7 heteroatoms. The lowest BCUT2D eigenvalue weighted by Crippen LogP contribution is -2.22. The summed E-state index contributed by atoms with van der Waals surface area (Å²) in [7, 11) is 0. The molecule has 1 aliphatic rings. The number of rotatable bonds is 2. The van der Waals surface area contributed by atoms with Gasteiger partial charge in [-0.05, 0) is 49.5 Å². The highest BCUT2D eigenvalue weighted by Crippen LogP contribution is 2.35. The van der Waals surface area contributed by atoms with Gasteiger partial charge in [0, 0.05) is 9.69 Å². The molecular formula is C18H11BrN2O2S2. The van der Waals surface area contributed by atoms with Gasteiger partial charge in [0.2, 0.25) is 5.88 Å². The van der Waals surface area contributed by atoms with E-state index >= 15 is 0 Å². The number of amides is 1. The number of thiazole rings is 1. The van der Waals surface area contributed by atoms with E-state index in [9.17, 15) is 9.90 Å². The zero-order valence-corrected chi connectivity index (χ0v) is 16.2. The molecule has 0 bridgehead atoms. The molecule has 0 radical (unpaired) electrons. The quantitative estimate of drug-likeness (QED) is 0.633. The minimum Gasteiger partial charge on any atom is -0.493 e. The first-order valence-electron chi connectivity index (χ1n) is 7.41. The van der Waals surface area contributed by atoms with Gasteiger partial charge in [-0.2, -0.15) is 0 Å². The van der Waals surface area contributed by atoms with Crippen LogP contribution in [-0.2, 0) is 4.79 Å². The predicted molar refractivity (Wildman–Crippen MR) is 103 cm³/mol. The van der Waals surface area contributed by atoms with Crippen LogP contribution in [-0.4, -0.2) is 15.6 Å². The van der Waals surface area contributed by atoms with Crippen LogP contribution in [0, 0.1) is 10.9 Å². The lowest BCUT2D eigenvalue weighted by Gasteiger charge is -2.05. The Kier molecular flexibility index (Phi) is 3.94. The molecule has 1 amide bonds. The highest BCUT2D eigenvalue weighted by molar-refractivity contribution is 9.10. The first-order valence-corrected chi connectivity index (χ1v) is 9.42. The Labute approximate surface area is 160 Å². The average molecular weight is 431 g/mol. The van der Waals surface area contributed by atoms with Crippen LogP contribution in [0.4, 0.5) is 0 Å². The summed E-state index contributed by atoms with van der Waals surface area (Å²) in [6, 6.07) is 13.1. The van der Waals surface area contributed by atoms with Crippen molar-refractivity contribution in [3.05, 3.63) is 71.9 Å². The van der Waals surface area contributed by atoms with Gasteiger partial charge in [0.05, 0.1) is 16.6 Å². The van der Waals surface area contributed by atoms with Crippen LogP contribution in [0.15, 0.2) is 51.9 Å². The van der Waals surface area contributed by atoms with Crippen molar-refractivity contribution in [2.45, 2.75) is 6.92 Å². The molecule has 2 aromatic carbocycles. The topological polar surface area (TPSA) is 54.6 Å². The molecule has 1 aliphatic heterocycles. The third-order valence-corrected chi connectivity index (χ3v) is 5.84. The molecule has 0 fully saturated rings. The molecular weight excluding hydrogens is 420 g/mol. The summed E-state index contributed by atoms with van der Waals surface area (Å²) < 4.78 is 2.89. The molecule has 25 heavy (non-hydrogen) atoms. The Morgan fingerprint density at radius 1 is 1.20 bits per heavy atom. The summed E-state index contributed by atoms with van der Waals surface area (Å²) in [5, 5.41) is 12.1. The molecule has 0 unspecified atom stereocenters. The Morgan fingerprint density at radius 2 is 1.92 bits per heavy atom. The lowest BCUT2D eigenvalue weighted by atomic mass is 10.1. The minimum absolute atomic E-state index is 0.0368. The average Bonchev–Trinajstić information content (AvgIpc) is 3.04. The number of halogens is 1. The number of nitrogens with zero attached hydrogens (tertiary/aromatic N) is 2. The Morgan fingerprint density at radius 3 is 2.64 bits per heavy atom. The monoisotopic (exact) mass is 430 g/mol. The highest BCUT2D eigenvalue weighted by Gasteiger charge is 2.25. The third-order valence-electron chi connectivity index (χ3n) is 3.97. The van der Waals surface area contributed by atoms with Gasteiger partial charge < -0.3 is 5.11 Å². The van der Waals surface area contributed by atoms with Crippen molar-refractivity contribution < 1.29 is 9.90 Å². The fourth-order valence-corrected chi connectivity index (χ4v) is 4.50. The molecule has 4 nitrogen and oxygen atoms in total. The second kappa shape index (κ2) is 6.01. The fourth-order valence-electron chi connectivity index (χ4n) is 2.76. The second-order valence-electron chi connectivity index (χ2n) is 5.65. The van der Waals surface area contributed by atoms with Crippen molar-refractivity contribution in [1.29, 1.82) is 0 Å². The van der Waals surface area contributed by atoms with Crippen molar-refractivity contribution in [1.82, 2.24) is 4.57 Å². The van der Waals surface area contributed by atoms with E-state index in [4.69, 9.17) is 12.2 Å². The van der Waals surface area contributed by atoms with Gasteiger partial charge in [0.15, 0.2) is 3.95 Å². The minimum atomic E-state index is -0.365. The molecule has 0 saturated heterocycles. The normalized spacial score (nSPS) is 13.0. The molecule has 3 aromatic rings. The maximum atomic E-state index is 12.4. The molecule has 124 valence electrons. The number of hydrogen-bond donors (Lipinski definition) is 1. The van der Waals surface area contributed by atoms with E-state index in [0.717, 1.165) is 15.7 Å². The van der Waals surface area contributed by atoms with Crippen LogP contribution in [0.2, 0.25) is 0 Å². The van der Waals surface area contributed by atoms with Gasteiger partial charge in [-0.1, -0.05) is 33.6 Å². The van der Waals surface area contributed by atoms with Crippen LogP contribution in [0.25, 0.3) is 11.3 Å². The zero-order valence-electron chi connectivity index (χ0n) is 13.0. The van der Waals surface area contributed by atoms with Gasteiger partial charge >= 0.3 is 0 Å². The number of aryl methyl sites for hydroxylation is 1. The Bertz CT molecular complexity index is 1210. The third kappa shape index (κ3) is 2.68. The van der Waals surface area contributed by atoms with Gasteiger partial charge in [0.1, 0.15) is 4.88 Å². The summed E-state index contributed by atoms with van der Waals surface area (Å²) >= 11 is 10.1. The molecule has 0 aliphatic carbocycles. The molecule has 0 saturated carbocycles. The maximum Gasteiger partial charge on any atom is 0.279 e. The van der Waals surface area contributed by atoms with Crippen LogP contribution in [0.1, 0.15) is 10.4 Å². The molecule has 4 rings (SSSR count). The number of fused-ring (bicyclic) bond motifs is 1. The van der Waals surface area contributed by atoms with Gasteiger partial charge in [-0.3, -0.25) is 9.36 Å². The molecule has 0 atom stereocenters. The summed E-state index contributed by atoms with van der Waals surface area (Å²) in [4.78, 5) is 16.9. The maximum absolute atomic E-state index is 12.4. The van der Waals surface area contributed by atoms with Crippen molar-refractivity contribution in [3.8, 4) is 11.6 Å². The zero-order chi connectivity index (χ0) is 17.7. The number of aromatic nitrogens is 1. The SMILES string of the molecule is Cc1ccc(-n2c(O)c(C3=c4cc(Br)ccc4=NC3=O)sc2=S)cc1. The molecule has 1 aromatic heterocycles. The van der Waals surface area contributed by atoms with Crippen molar-refractivity contribution in [2.24, 2.45) is 4.99 Å². The largest absolute Gasteiger partial charge is 0.493 e. The van der Waals surface area contributed by atoms with E-state index in [1.807, 2.05) is 43.3 Å². The van der Waals surface area contributed by atoms with Crippen molar-refractivity contribution in [3.63, 3.8) is 0 Å². The van der Waals surface area contributed by atoms with Gasteiger partial charge in [0.25, 0.3) is 5.91 Å². The standard InChI is InChI=1S/C18H11BrN2O2S2/c1-9-2-5-11(6-3-9)21-17(23)15(25-18(21)24)14-12-8-10(19)4-7-13(12)20-16(14)22/h2-8,23H,1H3. The molecule has 1 N–H and O–H groups in total. The second-order valence-corrected chi connectivity index (χ2v) is 8.20. The first kappa shape index (κ1) is 16.4. The van der Waals surface area contributed by atoms with E-state index in [-0.39, 0.29) is 11.8 Å². The van der Waals surface area contributed by atoms with E-state index in [1.165, 1.54) is 11.3 Å². The van der Waals surface area contributed by atoms with E-state index in [2.05, 4.69) is 20.9 Å².